The van der Waals surface area contributed by atoms with Crippen molar-refractivity contribution in [1.29, 1.82) is 0 Å². The first-order valence-corrected chi connectivity index (χ1v) is 6.36. The van der Waals surface area contributed by atoms with Gasteiger partial charge in [0, 0.05) is 7.11 Å². The average molecular weight is 262 g/mol. The molecule has 0 aliphatic heterocycles. The van der Waals surface area contributed by atoms with Crippen molar-refractivity contribution in [2.45, 2.75) is 25.8 Å². The normalized spacial score (nSPS) is 12.7. The van der Waals surface area contributed by atoms with Gasteiger partial charge in [-0.3, -0.25) is 0 Å². The molecule has 1 N–H and O–H groups in total. The maximum absolute atomic E-state index is 10.9. The van der Waals surface area contributed by atoms with Crippen molar-refractivity contribution in [2.24, 2.45) is 0 Å². The van der Waals surface area contributed by atoms with Gasteiger partial charge in [0.1, 0.15) is 0 Å². The van der Waals surface area contributed by atoms with Crippen LogP contribution in [0.2, 0.25) is 0 Å². The molecule has 0 amide bonds. The predicted molar refractivity (Wildman–Crippen MR) is 72.5 cm³/mol. The molecule has 2 rings (SSSR count). The third-order valence-corrected chi connectivity index (χ3v) is 3.20. The molecule has 19 heavy (non-hydrogen) atoms. The van der Waals surface area contributed by atoms with E-state index in [1.165, 1.54) is 0 Å². The number of nitrogens with zero attached hydrogens (tertiary/aromatic N) is 2. The molecule has 0 aliphatic carbocycles. The van der Waals surface area contributed by atoms with Crippen LogP contribution in [0.1, 0.15) is 36.2 Å². The molecule has 1 aromatic heterocycles. The largest absolute Gasteiger partial charge is 0.478 e. The van der Waals surface area contributed by atoms with E-state index < -0.39 is 5.97 Å². The van der Waals surface area contributed by atoms with E-state index in [1.54, 1.807) is 25.6 Å². The van der Waals surface area contributed by atoms with Crippen molar-refractivity contribution >= 4 is 17.0 Å². The number of aromatic carboxylic acids is 1. The molecule has 1 atom stereocenters. The van der Waals surface area contributed by atoms with Crippen LogP contribution in [0, 0.1) is 0 Å². The van der Waals surface area contributed by atoms with Gasteiger partial charge in [0.25, 0.3) is 0 Å². The van der Waals surface area contributed by atoms with Crippen molar-refractivity contribution < 1.29 is 14.6 Å². The summed E-state index contributed by atoms with van der Waals surface area (Å²) < 4.78 is 7.31. The number of carbonyl (C=O) groups is 1. The van der Waals surface area contributed by atoms with Crippen molar-refractivity contribution in [3.63, 3.8) is 0 Å². The Bertz CT molecular complexity index is 571. The minimum absolute atomic E-state index is 0.232. The van der Waals surface area contributed by atoms with Crippen LogP contribution >= 0.6 is 0 Å². The van der Waals surface area contributed by atoms with Crippen molar-refractivity contribution in [1.82, 2.24) is 9.55 Å². The number of methoxy groups -OCH3 is 1. The highest BCUT2D eigenvalue weighted by molar-refractivity contribution is 5.92. The summed E-state index contributed by atoms with van der Waals surface area (Å²) in [6.45, 7) is 2.75. The Morgan fingerprint density at radius 3 is 2.95 bits per heavy atom. The molecule has 5 nitrogen and oxygen atoms in total. The fourth-order valence-electron chi connectivity index (χ4n) is 2.28. The number of carboxylic acids is 1. The standard InChI is InChI=1S/C14H18N2O3/c1-3-4-11(8-19-2)16-9-15-12-7-10(14(17)18)5-6-13(12)16/h5-7,9,11H,3-4,8H2,1-2H3,(H,17,18). The summed E-state index contributed by atoms with van der Waals surface area (Å²) in [5.41, 5.74) is 1.91. The Morgan fingerprint density at radius 2 is 2.32 bits per heavy atom. The van der Waals surface area contributed by atoms with Crippen LogP contribution in [0.3, 0.4) is 0 Å². The highest BCUT2D eigenvalue weighted by Crippen LogP contribution is 2.22. The zero-order chi connectivity index (χ0) is 13.8. The van der Waals surface area contributed by atoms with E-state index in [2.05, 4.69) is 16.5 Å². The molecule has 102 valence electrons. The van der Waals surface area contributed by atoms with Gasteiger partial charge in [0.05, 0.1) is 35.6 Å². The molecule has 5 heteroatoms. The molecule has 0 radical (unpaired) electrons. The predicted octanol–water partition coefficient (Wildman–Crippen LogP) is 2.72. The second kappa shape index (κ2) is 5.84. The Hall–Kier alpha value is -1.88. The Balaban J connectivity index is 2.41. The Labute approximate surface area is 111 Å². The number of rotatable bonds is 6. The summed E-state index contributed by atoms with van der Waals surface area (Å²) in [7, 11) is 1.68. The van der Waals surface area contributed by atoms with Gasteiger partial charge in [-0.05, 0) is 24.6 Å². The van der Waals surface area contributed by atoms with Crippen LogP contribution < -0.4 is 0 Å². The minimum atomic E-state index is -0.932. The van der Waals surface area contributed by atoms with Crippen molar-refractivity contribution in [3.8, 4) is 0 Å². The van der Waals surface area contributed by atoms with E-state index in [0.717, 1.165) is 18.4 Å². The molecule has 0 bridgehead atoms. The van der Waals surface area contributed by atoms with Crippen LogP contribution in [0.25, 0.3) is 11.0 Å². The molecule has 0 saturated carbocycles. The van der Waals surface area contributed by atoms with Gasteiger partial charge in [0.15, 0.2) is 0 Å². The van der Waals surface area contributed by atoms with E-state index in [1.807, 2.05) is 6.07 Å². The number of aromatic nitrogens is 2. The molecule has 0 fully saturated rings. The number of imidazole rings is 1. The van der Waals surface area contributed by atoms with Crippen LogP contribution in [-0.2, 0) is 4.74 Å². The maximum atomic E-state index is 10.9. The third-order valence-electron chi connectivity index (χ3n) is 3.20. The summed E-state index contributed by atoms with van der Waals surface area (Å²) in [6.07, 6.45) is 3.82. The van der Waals surface area contributed by atoms with Gasteiger partial charge < -0.3 is 14.4 Å². The summed E-state index contributed by atoms with van der Waals surface area (Å²) in [5, 5.41) is 8.97. The zero-order valence-electron chi connectivity index (χ0n) is 11.2. The van der Waals surface area contributed by atoms with Crippen LogP contribution in [0.5, 0.6) is 0 Å². The number of benzene rings is 1. The molecule has 1 aromatic carbocycles. The van der Waals surface area contributed by atoms with E-state index in [9.17, 15) is 4.79 Å². The lowest BCUT2D eigenvalue weighted by Gasteiger charge is -2.17. The van der Waals surface area contributed by atoms with Crippen LogP contribution in [-0.4, -0.2) is 34.3 Å². The first kappa shape index (κ1) is 13.5. The third kappa shape index (κ3) is 2.76. The monoisotopic (exact) mass is 262 g/mol. The first-order valence-electron chi connectivity index (χ1n) is 6.36. The quantitative estimate of drug-likeness (QED) is 0.869. The summed E-state index contributed by atoms with van der Waals surface area (Å²) in [4.78, 5) is 15.2. The fraction of sp³-hybridized carbons (Fsp3) is 0.429. The number of fused-ring (bicyclic) bond motifs is 1. The smallest absolute Gasteiger partial charge is 0.335 e. The topological polar surface area (TPSA) is 64.4 Å². The van der Waals surface area contributed by atoms with Crippen LogP contribution in [0.15, 0.2) is 24.5 Å². The summed E-state index contributed by atoms with van der Waals surface area (Å²) in [5.74, 6) is -0.932. The van der Waals surface area contributed by atoms with E-state index >= 15 is 0 Å². The van der Waals surface area contributed by atoms with Gasteiger partial charge in [-0.1, -0.05) is 13.3 Å². The van der Waals surface area contributed by atoms with Crippen molar-refractivity contribution in [3.05, 3.63) is 30.1 Å². The molecule has 1 unspecified atom stereocenters. The lowest BCUT2D eigenvalue weighted by atomic mass is 10.1. The molecular formula is C14H18N2O3. The number of carboxylic acid groups (broad SMARTS) is 1. The number of ether oxygens (including phenoxy) is 1. The molecule has 1 heterocycles. The van der Waals surface area contributed by atoms with Gasteiger partial charge in [-0.15, -0.1) is 0 Å². The Kier molecular flexibility index (Phi) is 4.16. The van der Waals surface area contributed by atoms with E-state index in [4.69, 9.17) is 9.84 Å². The van der Waals surface area contributed by atoms with Gasteiger partial charge in [-0.25, -0.2) is 9.78 Å². The molecule has 0 spiro atoms. The van der Waals surface area contributed by atoms with Gasteiger partial charge >= 0.3 is 5.97 Å². The lowest BCUT2D eigenvalue weighted by Crippen LogP contribution is -2.13. The minimum Gasteiger partial charge on any atom is -0.478 e. The summed E-state index contributed by atoms with van der Waals surface area (Å²) in [6, 6.07) is 5.25. The highest BCUT2D eigenvalue weighted by Gasteiger charge is 2.14. The average Bonchev–Trinajstić information content (AvgIpc) is 2.81. The SMILES string of the molecule is CCCC(COC)n1cnc2cc(C(=O)O)ccc21. The van der Waals surface area contributed by atoms with E-state index in [0.29, 0.717) is 12.1 Å². The van der Waals surface area contributed by atoms with Crippen molar-refractivity contribution in [2.75, 3.05) is 13.7 Å². The van der Waals surface area contributed by atoms with E-state index in [-0.39, 0.29) is 11.6 Å². The second-order valence-corrected chi connectivity index (χ2v) is 4.56. The fourth-order valence-corrected chi connectivity index (χ4v) is 2.28. The van der Waals surface area contributed by atoms with Crippen LogP contribution in [0.4, 0.5) is 0 Å². The maximum Gasteiger partial charge on any atom is 0.335 e. The molecule has 2 aromatic rings. The second-order valence-electron chi connectivity index (χ2n) is 4.56. The Morgan fingerprint density at radius 1 is 1.53 bits per heavy atom. The van der Waals surface area contributed by atoms with Gasteiger partial charge in [0.2, 0.25) is 0 Å². The van der Waals surface area contributed by atoms with Gasteiger partial charge in [-0.2, -0.15) is 0 Å². The molecular weight excluding hydrogens is 244 g/mol. The zero-order valence-corrected chi connectivity index (χ0v) is 11.2. The molecule has 0 aliphatic rings. The number of hydrogen-bond acceptors (Lipinski definition) is 3. The first-order chi connectivity index (χ1) is 9.17. The highest BCUT2D eigenvalue weighted by atomic mass is 16.5. The lowest BCUT2D eigenvalue weighted by molar-refractivity contribution is 0.0697. The number of hydrogen-bond donors (Lipinski definition) is 1. The summed E-state index contributed by atoms with van der Waals surface area (Å²) >= 11 is 0. The molecule has 0 saturated heterocycles.